The SMILES string of the molecule is CC(C)(C)Cn1nc2cc(I)ccn2c1=O. The number of nitrogens with zero attached hydrogens (tertiary/aromatic N) is 3. The van der Waals surface area contributed by atoms with E-state index in [1.807, 2.05) is 12.1 Å². The van der Waals surface area contributed by atoms with E-state index in [1.54, 1.807) is 10.6 Å². The van der Waals surface area contributed by atoms with Crippen molar-refractivity contribution >= 4 is 28.2 Å². The summed E-state index contributed by atoms with van der Waals surface area (Å²) in [6, 6.07) is 3.80. The number of hydrogen-bond acceptors (Lipinski definition) is 2. The Kier molecular flexibility index (Phi) is 2.81. The first-order valence-corrected chi connectivity index (χ1v) is 6.19. The Morgan fingerprint density at radius 3 is 2.75 bits per heavy atom. The Bertz CT molecular complexity index is 577. The molecule has 0 N–H and O–H groups in total. The van der Waals surface area contributed by atoms with Crippen molar-refractivity contribution in [2.75, 3.05) is 0 Å². The zero-order chi connectivity index (χ0) is 11.9. The molecule has 86 valence electrons. The maximum Gasteiger partial charge on any atom is 0.350 e. The first-order chi connectivity index (χ1) is 7.37. The largest absolute Gasteiger partial charge is 0.350 e. The smallest absolute Gasteiger partial charge is 0.250 e. The minimum Gasteiger partial charge on any atom is -0.250 e. The van der Waals surface area contributed by atoms with Gasteiger partial charge in [0.25, 0.3) is 0 Å². The Morgan fingerprint density at radius 2 is 2.12 bits per heavy atom. The van der Waals surface area contributed by atoms with E-state index in [0.717, 1.165) is 3.57 Å². The van der Waals surface area contributed by atoms with Crippen molar-refractivity contribution in [2.45, 2.75) is 27.3 Å². The van der Waals surface area contributed by atoms with Crippen molar-refractivity contribution in [1.82, 2.24) is 14.2 Å². The zero-order valence-electron chi connectivity index (χ0n) is 9.57. The van der Waals surface area contributed by atoms with E-state index in [9.17, 15) is 4.79 Å². The Morgan fingerprint density at radius 1 is 1.44 bits per heavy atom. The van der Waals surface area contributed by atoms with Crippen molar-refractivity contribution in [1.29, 1.82) is 0 Å². The third-order valence-electron chi connectivity index (χ3n) is 2.17. The van der Waals surface area contributed by atoms with Gasteiger partial charge >= 0.3 is 5.69 Å². The third-order valence-corrected chi connectivity index (χ3v) is 2.84. The number of rotatable bonds is 1. The standard InChI is InChI=1S/C11H14IN3O/c1-11(2,3)7-15-10(16)14-5-4-8(12)6-9(14)13-15/h4-6H,7H2,1-3H3. The lowest BCUT2D eigenvalue weighted by molar-refractivity contribution is 0.320. The minimum absolute atomic E-state index is 0.0505. The average molecular weight is 331 g/mol. The van der Waals surface area contributed by atoms with Crippen LogP contribution in [0, 0.1) is 8.99 Å². The first kappa shape index (κ1) is 11.6. The fraction of sp³-hybridized carbons (Fsp3) is 0.455. The van der Waals surface area contributed by atoms with Crippen molar-refractivity contribution in [3.05, 3.63) is 32.4 Å². The van der Waals surface area contributed by atoms with Gasteiger partial charge in [-0.05, 0) is 40.1 Å². The molecule has 5 heteroatoms. The molecule has 0 aliphatic rings. The van der Waals surface area contributed by atoms with Gasteiger partial charge < -0.3 is 0 Å². The van der Waals surface area contributed by atoms with Crippen LogP contribution in [0.15, 0.2) is 23.1 Å². The van der Waals surface area contributed by atoms with E-state index in [1.165, 1.54) is 4.68 Å². The molecule has 16 heavy (non-hydrogen) atoms. The Balaban J connectivity index is 2.56. The van der Waals surface area contributed by atoms with E-state index in [0.29, 0.717) is 12.2 Å². The molecule has 4 nitrogen and oxygen atoms in total. The number of halogens is 1. The van der Waals surface area contributed by atoms with E-state index in [4.69, 9.17) is 0 Å². The highest BCUT2D eigenvalue weighted by Gasteiger charge is 2.15. The first-order valence-electron chi connectivity index (χ1n) is 5.11. The maximum absolute atomic E-state index is 12.0. The number of hydrogen-bond donors (Lipinski definition) is 0. The van der Waals surface area contributed by atoms with Crippen LogP contribution in [0.2, 0.25) is 0 Å². The van der Waals surface area contributed by atoms with Gasteiger partial charge in [-0.25, -0.2) is 9.48 Å². The van der Waals surface area contributed by atoms with Crippen LogP contribution in [0.1, 0.15) is 20.8 Å². The zero-order valence-corrected chi connectivity index (χ0v) is 11.7. The van der Waals surface area contributed by atoms with Crippen LogP contribution < -0.4 is 5.69 Å². The lowest BCUT2D eigenvalue weighted by Crippen LogP contribution is -2.27. The highest BCUT2D eigenvalue weighted by Crippen LogP contribution is 2.15. The summed E-state index contributed by atoms with van der Waals surface area (Å²) < 4.78 is 4.19. The second-order valence-electron chi connectivity index (χ2n) is 5.07. The van der Waals surface area contributed by atoms with Crippen molar-refractivity contribution in [3.8, 4) is 0 Å². The van der Waals surface area contributed by atoms with Crippen molar-refractivity contribution in [2.24, 2.45) is 5.41 Å². The van der Waals surface area contributed by atoms with Gasteiger partial charge in [0.15, 0.2) is 5.65 Å². The van der Waals surface area contributed by atoms with E-state index in [-0.39, 0.29) is 11.1 Å². The maximum atomic E-state index is 12.0. The molecular formula is C11H14IN3O. The third kappa shape index (κ3) is 2.28. The van der Waals surface area contributed by atoms with Crippen LogP contribution in [0.25, 0.3) is 5.65 Å². The Hall–Kier alpha value is -0.850. The molecule has 2 heterocycles. The van der Waals surface area contributed by atoms with Gasteiger partial charge in [-0.3, -0.25) is 4.40 Å². The molecule has 0 aromatic carbocycles. The molecule has 0 radical (unpaired) electrons. The molecule has 0 saturated carbocycles. The molecule has 0 bridgehead atoms. The Labute approximate surface area is 107 Å². The summed E-state index contributed by atoms with van der Waals surface area (Å²) in [4.78, 5) is 12.0. The molecule has 2 aromatic rings. The highest BCUT2D eigenvalue weighted by molar-refractivity contribution is 14.1. The second-order valence-corrected chi connectivity index (χ2v) is 6.32. The lowest BCUT2D eigenvalue weighted by Gasteiger charge is -2.16. The average Bonchev–Trinajstić information content (AvgIpc) is 2.40. The normalized spacial score (nSPS) is 12.2. The number of pyridine rings is 1. The monoisotopic (exact) mass is 331 g/mol. The summed E-state index contributed by atoms with van der Waals surface area (Å²) in [6.45, 7) is 6.90. The molecule has 2 rings (SSSR count). The fourth-order valence-corrected chi connectivity index (χ4v) is 1.98. The summed E-state index contributed by atoms with van der Waals surface area (Å²) in [5.41, 5.74) is 0.692. The molecule has 0 spiro atoms. The fourth-order valence-electron chi connectivity index (χ4n) is 1.54. The second kappa shape index (κ2) is 3.87. The van der Waals surface area contributed by atoms with Gasteiger partial charge in [-0.1, -0.05) is 20.8 Å². The van der Waals surface area contributed by atoms with E-state index >= 15 is 0 Å². The van der Waals surface area contributed by atoms with E-state index < -0.39 is 0 Å². The van der Waals surface area contributed by atoms with Crippen LogP contribution >= 0.6 is 22.6 Å². The predicted octanol–water partition coefficient (Wildman–Crippen LogP) is 2.15. The van der Waals surface area contributed by atoms with Gasteiger partial charge in [-0.15, -0.1) is 5.10 Å². The number of fused-ring (bicyclic) bond motifs is 1. The van der Waals surface area contributed by atoms with Gasteiger partial charge in [0.1, 0.15) is 0 Å². The van der Waals surface area contributed by atoms with Crippen LogP contribution in [-0.2, 0) is 6.54 Å². The van der Waals surface area contributed by atoms with Gasteiger partial charge in [0.2, 0.25) is 0 Å². The molecular weight excluding hydrogens is 317 g/mol. The van der Waals surface area contributed by atoms with Gasteiger partial charge in [0.05, 0.1) is 6.54 Å². The highest BCUT2D eigenvalue weighted by atomic mass is 127. The summed E-state index contributed by atoms with van der Waals surface area (Å²) in [7, 11) is 0. The van der Waals surface area contributed by atoms with E-state index in [2.05, 4.69) is 48.5 Å². The minimum atomic E-state index is -0.0682. The summed E-state index contributed by atoms with van der Waals surface area (Å²) in [5.74, 6) is 0. The molecule has 0 amide bonds. The molecule has 0 aliphatic carbocycles. The summed E-state index contributed by atoms with van der Waals surface area (Å²) in [5, 5.41) is 4.32. The lowest BCUT2D eigenvalue weighted by atomic mass is 9.97. The number of aromatic nitrogens is 3. The molecule has 0 unspecified atom stereocenters. The quantitative estimate of drug-likeness (QED) is 0.751. The molecule has 0 fully saturated rings. The van der Waals surface area contributed by atoms with Crippen molar-refractivity contribution in [3.63, 3.8) is 0 Å². The predicted molar refractivity (Wildman–Crippen MR) is 71.6 cm³/mol. The summed E-state index contributed by atoms with van der Waals surface area (Å²) >= 11 is 2.21. The van der Waals surface area contributed by atoms with Gasteiger partial charge in [0, 0.05) is 9.77 Å². The topological polar surface area (TPSA) is 39.3 Å². The molecule has 2 aromatic heterocycles. The van der Waals surface area contributed by atoms with Crippen LogP contribution in [0.5, 0.6) is 0 Å². The van der Waals surface area contributed by atoms with Crippen LogP contribution in [0.4, 0.5) is 0 Å². The molecule has 0 saturated heterocycles. The van der Waals surface area contributed by atoms with Crippen molar-refractivity contribution < 1.29 is 0 Å². The summed E-state index contributed by atoms with van der Waals surface area (Å²) in [6.07, 6.45) is 1.77. The molecule has 0 aliphatic heterocycles. The van der Waals surface area contributed by atoms with Gasteiger partial charge in [-0.2, -0.15) is 0 Å². The molecule has 0 atom stereocenters. The van der Waals surface area contributed by atoms with Crippen LogP contribution in [-0.4, -0.2) is 14.2 Å². The van der Waals surface area contributed by atoms with Crippen LogP contribution in [0.3, 0.4) is 0 Å².